The molecule has 25 heavy (non-hydrogen) atoms. The first kappa shape index (κ1) is 16.4. The van der Waals surface area contributed by atoms with E-state index in [1.54, 1.807) is 32.0 Å². The van der Waals surface area contributed by atoms with Gasteiger partial charge in [-0.15, -0.1) is 0 Å². The number of aryl methyl sites for hydroxylation is 2. The zero-order chi connectivity index (χ0) is 17.8. The summed E-state index contributed by atoms with van der Waals surface area (Å²) in [5.74, 6) is 0.109. The Morgan fingerprint density at radius 2 is 1.92 bits per heavy atom. The van der Waals surface area contributed by atoms with Crippen LogP contribution in [0, 0.1) is 13.8 Å². The van der Waals surface area contributed by atoms with E-state index in [1.165, 1.54) is 6.21 Å². The average Bonchev–Trinajstić information content (AvgIpc) is 3.01. The second-order valence-electron chi connectivity index (χ2n) is 5.54. The molecule has 0 bridgehead atoms. The first-order valence-electron chi connectivity index (χ1n) is 7.71. The molecule has 0 aliphatic rings. The van der Waals surface area contributed by atoms with Crippen LogP contribution in [0.2, 0.25) is 0 Å². The zero-order valence-electron chi connectivity index (χ0n) is 13.9. The number of carbonyl (C=O) groups excluding carboxylic acids is 1. The molecule has 0 aliphatic heterocycles. The zero-order valence-corrected chi connectivity index (χ0v) is 13.9. The first-order chi connectivity index (χ1) is 12.1. The summed E-state index contributed by atoms with van der Waals surface area (Å²) in [5, 5.41) is 17.8. The minimum Gasteiger partial charge on any atom is -0.507 e. The van der Waals surface area contributed by atoms with Gasteiger partial charge in [0, 0.05) is 11.1 Å². The topological polar surface area (TPSA) is 87.7 Å². The fourth-order valence-corrected chi connectivity index (χ4v) is 2.43. The Bertz CT molecular complexity index is 930. The highest BCUT2D eigenvalue weighted by atomic mass is 16.5. The molecule has 3 aromatic rings. The fourth-order valence-electron chi connectivity index (χ4n) is 2.43. The number of aromatic hydroxyl groups is 1. The molecule has 6 heteroatoms. The lowest BCUT2D eigenvalue weighted by Crippen LogP contribution is -2.18. The van der Waals surface area contributed by atoms with Crippen LogP contribution in [0.4, 0.5) is 0 Å². The summed E-state index contributed by atoms with van der Waals surface area (Å²) < 4.78 is 5.17. The summed E-state index contributed by atoms with van der Waals surface area (Å²) in [6, 6.07) is 14.6. The van der Waals surface area contributed by atoms with Gasteiger partial charge in [-0.2, -0.15) is 5.10 Å². The summed E-state index contributed by atoms with van der Waals surface area (Å²) in [5.41, 5.74) is 5.28. The number of nitrogens with zero attached hydrogens (tertiary/aromatic N) is 2. The van der Waals surface area contributed by atoms with Crippen molar-refractivity contribution in [2.24, 2.45) is 5.10 Å². The number of amides is 1. The predicted molar refractivity (Wildman–Crippen MR) is 94.6 cm³/mol. The highest BCUT2D eigenvalue weighted by Crippen LogP contribution is 2.25. The van der Waals surface area contributed by atoms with Gasteiger partial charge in [0.2, 0.25) is 0 Å². The Balaban J connectivity index is 1.82. The van der Waals surface area contributed by atoms with Crippen LogP contribution in [0.3, 0.4) is 0 Å². The highest BCUT2D eigenvalue weighted by Gasteiger charge is 2.21. The van der Waals surface area contributed by atoms with Crippen molar-refractivity contribution in [1.29, 1.82) is 0 Å². The molecular weight excluding hydrogens is 318 g/mol. The first-order valence-corrected chi connectivity index (χ1v) is 7.71. The maximum Gasteiger partial charge on any atom is 0.277 e. The van der Waals surface area contributed by atoms with Gasteiger partial charge in [0.25, 0.3) is 5.91 Å². The molecule has 0 spiro atoms. The Labute approximate surface area is 144 Å². The number of aromatic nitrogens is 1. The molecule has 0 fully saturated rings. The summed E-state index contributed by atoms with van der Waals surface area (Å²) in [7, 11) is 0. The SMILES string of the molecule is Cc1cccc(/C=N\NC(=O)c2c(-c3ccccc3)noc2C)c1O. The molecule has 0 radical (unpaired) electrons. The van der Waals surface area contributed by atoms with E-state index >= 15 is 0 Å². The Morgan fingerprint density at radius 1 is 1.16 bits per heavy atom. The van der Waals surface area contributed by atoms with Gasteiger partial charge in [-0.3, -0.25) is 4.79 Å². The molecular formula is C19H17N3O3. The van der Waals surface area contributed by atoms with Gasteiger partial charge >= 0.3 is 0 Å². The van der Waals surface area contributed by atoms with Crippen LogP contribution in [-0.2, 0) is 0 Å². The molecule has 6 nitrogen and oxygen atoms in total. The van der Waals surface area contributed by atoms with E-state index < -0.39 is 5.91 Å². The maximum atomic E-state index is 12.5. The minimum absolute atomic E-state index is 0.131. The standard InChI is InChI=1S/C19H17N3O3/c1-12-7-6-10-15(18(12)23)11-20-21-19(24)16-13(2)25-22-17(16)14-8-4-3-5-9-14/h3-11,23H,1-2H3,(H,21,24)/b20-11-. The van der Waals surface area contributed by atoms with Crippen molar-refractivity contribution in [3.63, 3.8) is 0 Å². The van der Waals surface area contributed by atoms with Gasteiger partial charge < -0.3 is 9.63 Å². The normalized spacial score (nSPS) is 11.0. The van der Waals surface area contributed by atoms with Crippen LogP contribution in [0.5, 0.6) is 5.75 Å². The van der Waals surface area contributed by atoms with Crippen LogP contribution in [0.1, 0.15) is 27.2 Å². The fraction of sp³-hybridized carbons (Fsp3) is 0.105. The number of carbonyl (C=O) groups is 1. The molecule has 1 amide bonds. The summed E-state index contributed by atoms with van der Waals surface area (Å²) in [6.45, 7) is 3.46. The maximum absolute atomic E-state index is 12.5. The molecule has 1 heterocycles. The molecule has 0 saturated heterocycles. The summed E-state index contributed by atoms with van der Waals surface area (Å²) in [6.07, 6.45) is 1.39. The van der Waals surface area contributed by atoms with Crippen LogP contribution >= 0.6 is 0 Å². The van der Waals surface area contributed by atoms with E-state index in [4.69, 9.17) is 4.52 Å². The number of phenols is 1. The van der Waals surface area contributed by atoms with E-state index in [0.29, 0.717) is 22.6 Å². The lowest BCUT2D eigenvalue weighted by molar-refractivity contribution is 0.0954. The molecule has 2 N–H and O–H groups in total. The van der Waals surface area contributed by atoms with Crippen molar-refractivity contribution < 1.29 is 14.4 Å². The van der Waals surface area contributed by atoms with Gasteiger partial charge in [0.05, 0.1) is 6.21 Å². The number of phenolic OH excluding ortho intramolecular Hbond substituents is 1. The van der Waals surface area contributed by atoms with Crippen molar-refractivity contribution in [1.82, 2.24) is 10.6 Å². The molecule has 2 aromatic carbocycles. The Morgan fingerprint density at radius 3 is 2.68 bits per heavy atom. The third-order valence-electron chi connectivity index (χ3n) is 3.78. The summed E-state index contributed by atoms with van der Waals surface area (Å²) >= 11 is 0. The number of nitrogens with one attached hydrogen (secondary N) is 1. The quantitative estimate of drug-likeness (QED) is 0.565. The third-order valence-corrected chi connectivity index (χ3v) is 3.78. The van der Waals surface area contributed by atoms with Gasteiger partial charge in [-0.1, -0.05) is 47.6 Å². The van der Waals surface area contributed by atoms with E-state index in [9.17, 15) is 9.90 Å². The molecule has 0 saturated carbocycles. The molecule has 1 aromatic heterocycles. The Kier molecular flexibility index (Phi) is 4.61. The number of hydrazone groups is 1. The number of benzene rings is 2. The second kappa shape index (κ2) is 7.00. The van der Waals surface area contributed by atoms with E-state index in [-0.39, 0.29) is 5.75 Å². The smallest absolute Gasteiger partial charge is 0.277 e. The van der Waals surface area contributed by atoms with Crippen molar-refractivity contribution >= 4 is 12.1 Å². The molecule has 0 unspecified atom stereocenters. The van der Waals surface area contributed by atoms with Gasteiger partial charge in [-0.05, 0) is 25.5 Å². The Hall–Kier alpha value is -3.41. The lowest BCUT2D eigenvalue weighted by Gasteiger charge is -2.03. The van der Waals surface area contributed by atoms with Crippen LogP contribution in [0.15, 0.2) is 58.2 Å². The van der Waals surface area contributed by atoms with Crippen molar-refractivity contribution in [3.05, 3.63) is 71.0 Å². The molecule has 0 aliphatic carbocycles. The monoisotopic (exact) mass is 335 g/mol. The molecule has 0 atom stereocenters. The van der Waals surface area contributed by atoms with Crippen molar-refractivity contribution in [3.8, 4) is 17.0 Å². The van der Waals surface area contributed by atoms with Gasteiger partial charge in [-0.25, -0.2) is 5.43 Å². The number of para-hydroxylation sites is 1. The van der Waals surface area contributed by atoms with Crippen LogP contribution in [0.25, 0.3) is 11.3 Å². The largest absolute Gasteiger partial charge is 0.507 e. The van der Waals surface area contributed by atoms with Gasteiger partial charge in [0.1, 0.15) is 22.8 Å². The summed E-state index contributed by atoms with van der Waals surface area (Å²) in [4.78, 5) is 12.5. The van der Waals surface area contributed by atoms with E-state index in [0.717, 1.165) is 11.1 Å². The van der Waals surface area contributed by atoms with Crippen molar-refractivity contribution in [2.75, 3.05) is 0 Å². The minimum atomic E-state index is -0.430. The molecule has 3 rings (SSSR count). The number of hydrogen-bond acceptors (Lipinski definition) is 5. The average molecular weight is 335 g/mol. The number of rotatable bonds is 4. The van der Waals surface area contributed by atoms with E-state index in [1.807, 2.05) is 30.3 Å². The van der Waals surface area contributed by atoms with Gasteiger partial charge in [0.15, 0.2) is 0 Å². The third kappa shape index (κ3) is 3.42. The van der Waals surface area contributed by atoms with E-state index in [2.05, 4.69) is 15.7 Å². The highest BCUT2D eigenvalue weighted by molar-refractivity contribution is 6.01. The second-order valence-corrected chi connectivity index (χ2v) is 5.54. The number of hydrogen-bond donors (Lipinski definition) is 2. The van der Waals surface area contributed by atoms with Crippen LogP contribution in [-0.4, -0.2) is 22.4 Å². The molecule has 126 valence electrons. The van der Waals surface area contributed by atoms with Crippen LogP contribution < -0.4 is 5.43 Å². The lowest BCUT2D eigenvalue weighted by atomic mass is 10.1. The van der Waals surface area contributed by atoms with Crippen molar-refractivity contribution in [2.45, 2.75) is 13.8 Å². The predicted octanol–water partition coefficient (Wildman–Crippen LogP) is 3.43.